The van der Waals surface area contributed by atoms with E-state index in [-0.39, 0.29) is 16.7 Å². The summed E-state index contributed by atoms with van der Waals surface area (Å²) in [5, 5.41) is 11.1. The summed E-state index contributed by atoms with van der Waals surface area (Å²) in [5.74, 6) is -0.721. The molecule has 0 aliphatic rings. The molecule has 2 atom stereocenters. The van der Waals surface area contributed by atoms with Crippen LogP contribution < -0.4 is 0 Å². The van der Waals surface area contributed by atoms with Crippen molar-refractivity contribution in [2.24, 2.45) is 0 Å². The summed E-state index contributed by atoms with van der Waals surface area (Å²) < 4.78 is 13.0. The third-order valence-electron chi connectivity index (χ3n) is 3.20. The molecular formula is C15H14FNO2. The predicted molar refractivity (Wildman–Crippen MR) is 71.1 cm³/mol. The Kier molecular flexibility index (Phi) is 3.90. The summed E-state index contributed by atoms with van der Waals surface area (Å²) in [5.41, 5.74) is 1.61. The number of nitro groups is 1. The Hall–Kier alpha value is -2.23. The third-order valence-corrected chi connectivity index (χ3v) is 3.20. The lowest BCUT2D eigenvalue weighted by molar-refractivity contribution is -0.520. The molecule has 2 aromatic rings. The average molecular weight is 259 g/mol. The molecule has 0 aliphatic heterocycles. The van der Waals surface area contributed by atoms with Crippen LogP contribution in [0.4, 0.5) is 4.39 Å². The largest absolute Gasteiger partial charge is 0.264 e. The van der Waals surface area contributed by atoms with Gasteiger partial charge in [-0.2, -0.15) is 0 Å². The molecule has 0 aliphatic carbocycles. The number of hydrogen-bond donors (Lipinski definition) is 0. The molecule has 4 heteroatoms. The standard InChI is InChI=1S/C15H14FNO2/c1-11(17(18)19)15(12-5-3-2-4-6-12)13-7-9-14(16)10-8-13/h2-11,15H,1H3. The van der Waals surface area contributed by atoms with Crippen molar-refractivity contribution in [3.05, 3.63) is 81.7 Å². The van der Waals surface area contributed by atoms with E-state index < -0.39 is 6.04 Å². The van der Waals surface area contributed by atoms with Crippen molar-refractivity contribution in [1.29, 1.82) is 0 Å². The molecule has 0 heterocycles. The van der Waals surface area contributed by atoms with Gasteiger partial charge < -0.3 is 0 Å². The van der Waals surface area contributed by atoms with Crippen molar-refractivity contribution < 1.29 is 9.31 Å². The molecule has 0 saturated carbocycles. The summed E-state index contributed by atoms with van der Waals surface area (Å²) in [4.78, 5) is 10.8. The normalized spacial score (nSPS) is 13.8. The van der Waals surface area contributed by atoms with Crippen LogP contribution in [0, 0.1) is 15.9 Å². The van der Waals surface area contributed by atoms with Gasteiger partial charge in [0.2, 0.25) is 6.04 Å². The number of nitrogens with zero attached hydrogens (tertiary/aromatic N) is 1. The predicted octanol–water partition coefficient (Wildman–Crippen LogP) is 3.62. The van der Waals surface area contributed by atoms with Crippen molar-refractivity contribution in [2.45, 2.75) is 18.9 Å². The first-order valence-corrected chi connectivity index (χ1v) is 6.03. The van der Waals surface area contributed by atoms with Crippen LogP contribution in [0.3, 0.4) is 0 Å². The highest BCUT2D eigenvalue weighted by Crippen LogP contribution is 2.29. The van der Waals surface area contributed by atoms with Gasteiger partial charge >= 0.3 is 0 Å². The molecule has 3 nitrogen and oxygen atoms in total. The van der Waals surface area contributed by atoms with Gasteiger partial charge in [-0.05, 0) is 23.3 Å². The maximum absolute atomic E-state index is 13.0. The summed E-state index contributed by atoms with van der Waals surface area (Å²) in [7, 11) is 0. The molecule has 19 heavy (non-hydrogen) atoms. The number of rotatable bonds is 4. The molecule has 0 saturated heterocycles. The van der Waals surface area contributed by atoms with Crippen molar-refractivity contribution in [3.63, 3.8) is 0 Å². The van der Waals surface area contributed by atoms with E-state index in [2.05, 4.69) is 0 Å². The molecule has 0 amide bonds. The first-order chi connectivity index (χ1) is 9.09. The summed E-state index contributed by atoms with van der Waals surface area (Å²) in [6, 6.07) is 14.4. The first-order valence-electron chi connectivity index (χ1n) is 6.03. The van der Waals surface area contributed by atoms with E-state index in [1.54, 1.807) is 19.1 Å². The van der Waals surface area contributed by atoms with E-state index in [0.29, 0.717) is 0 Å². The Bertz CT molecular complexity index is 554. The van der Waals surface area contributed by atoms with E-state index in [1.807, 2.05) is 30.3 Å². The lowest BCUT2D eigenvalue weighted by Gasteiger charge is -2.19. The molecule has 2 unspecified atom stereocenters. The van der Waals surface area contributed by atoms with Gasteiger partial charge in [0.05, 0.1) is 5.92 Å². The molecule has 2 aromatic carbocycles. The zero-order chi connectivity index (χ0) is 13.8. The second kappa shape index (κ2) is 5.61. The average Bonchev–Trinajstić information content (AvgIpc) is 2.42. The second-order valence-corrected chi connectivity index (χ2v) is 4.47. The number of benzene rings is 2. The van der Waals surface area contributed by atoms with Crippen molar-refractivity contribution >= 4 is 0 Å². The highest BCUT2D eigenvalue weighted by atomic mass is 19.1. The summed E-state index contributed by atoms with van der Waals surface area (Å²) >= 11 is 0. The van der Waals surface area contributed by atoms with Gasteiger partial charge in [0.1, 0.15) is 5.82 Å². The molecule has 2 rings (SSSR count). The minimum atomic E-state index is -0.770. The summed E-state index contributed by atoms with van der Waals surface area (Å²) in [6.45, 7) is 1.57. The van der Waals surface area contributed by atoms with E-state index in [9.17, 15) is 14.5 Å². The molecule has 0 radical (unpaired) electrons. The molecule has 0 aromatic heterocycles. The van der Waals surface area contributed by atoms with Gasteiger partial charge in [0.25, 0.3) is 0 Å². The lowest BCUT2D eigenvalue weighted by Crippen LogP contribution is -2.25. The van der Waals surface area contributed by atoms with Crippen molar-refractivity contribution in [2.75, 3.05) is 0 Å². The fourth-order valence-electron chi connectivity index (χ4n) is 2.20. The molecule has 98 valence electrons. The minimum absolute atomic E-state index is 0.305. The Morgan fingerprint density at radius 2 is 1.53 bits per heavy atom. The Morgan fingerprint density at radius 1 is 1.00 bits per heavy atom. The van der Waals surface area contributed by atoms with Gasteiger partial charge in [-0.25, -0.2) is 4.39 Å². The number of hydrogen-bond acceptors (Lipinski definition) is 2. The molecule has 0 N–H and O–H groups in total. The Labute approximate surface area is 110 Å². The van der Waals surface area contributed by atoms with Crippen molar-refractivity contribution in [1.82, 2.24) is 0 Å². The second-order valence-electron chi connectivity index (χ2n) is 4.47. The Morgan fingerprint density at radius 3 is 2.05 bits per heavy atom. The fourth-order valence-corrected chi connectivity index (χ4v) is 2.20. The van der Waals surface area contributed by atoms with E-state index >= 15 is 0 Å². The van der Waals surface area contributed by atoms with Crippen LogP contribution in [0.25, 0.3) is 0 Å². The maximum atomic E-state index is 13.0. The van der Waals surface area contributed by atoms with Crippen LogP contribution in [-0.2, 0) is 0 Å². The first kappa shape index (κ1) is 13.2. The maximum Gasteiger partial charge on any atom is 0.221 e. The zero-order valence-electron chi connectivity index (χ0n) is 10.5. The fraction of sp³-hybridized carbons (Fsp3) is 0.200. The minimum Gasteiger partial charge on any atom is -0.264 e. The SMILES string of the molecule is CC(C(c1ccccc1)c1ccc(F)cc1)[N+](=O)[O-]. The highest BCUT2D eigenvalue weighted by molar-refractivity contribution is 5.33. The van der Waals surface area contributed by atoms with Crippen LogP contribution in [-0.4, -0.2) is 11.0 Å². The quantitative estimate of drug-likeness (QED) is 0.621. The zero-order valence-corrected chi connectivity index (χ0v) is 10.5. The van der Waals surface area contributed by atoms with E-state index in [1.165, 1.54) is 12.1 Å². The third kappa shape index (κ3) is 2.96. The van der Waals surface area contributed by atoms with Crippen LogP contribution in [0.1, 0.15) is 24.0 Å². The van der Waals surface area contributed by atoms with Gasteiger partial charge in [-0.3, -0.25) is 10.1 Å². The van der Waals surface area contributed by atoms with E-state index in [4.69, 9.17) is 0 Å². The summed E-state index contributed by atoms with van der Waals surface area (Å²) in [6.07, 6.45) is 0. The van der Waals surface area contributed by atoms with Crippen LogP contribution in [0.15, 0.2) is 54.6 Å². The van der Waals surface area contributed by atoms with Gasteiger partial charge in [-0.15, -0.1) is 0 Å². The van der Waals surface area contributed by atoms with Gasteiger partial charge in [-0.1, -0.05) is 42.5 Å². The molecule has 0 fully saturated rings. The monoisotopic (exact) mass is 259 g/mol. The number of halogens is 1. The topological polar surface area (TPSA) is 43.1 Å². The smallest absolute Gasteiger partial charge is 0.221 e. The van der Waals surface area contributed by atoms with Gasteiger partial charge in [0.15, 0.2) is 0 Å². The Balaban J connectivity index is 2.45. The van der Waals surface area contributed by atoms with Gasteiger partial charge in [0, 0.05) is 11.8 Å². The molecular weight excluding hydrogens is 245 g/mol. The molecule has 0 spiro atoms. The molecule has 0 bridgehead atoms. The van der Waals surface area contributed by atoms with Crippen LogP contribution >= 0.6 is 0 Å². The highest BCUT2D eigenvalue weighted by Gasteiger charge is 2.29. The van der Waals surface area contributed by atoms with E-state index in [0.717, 1.165) is 11.1 Å². The van der Waals surface area contributed by atoms with Crippen molar-refractivity contribution in [3.8, 4) is 0 Å². The lowest BCUT2D eigenvalue weighted by atomic mass is 9.86. The van der Waals surface area contributed by atoms with Crippen LogP contribution in [0.5, 0.6) is 0 Å². The van der Waals surface area contributed by atoms with Crippen LogP contribution in [0.2, 0.25) is 0 Å².